The van der Waals surface area contributed by atoms with Crippen molar-refractivity contribution in [3.63, 3.8) is 0 Å². The van der Waals surface area contributed by atoms with Gasteiger partial charge in [-0.15, -0.1) is 0 Å². The summed E-state index contributed by atoms with van der Waals surface area (Å²) in [6.07, 6.45) is 1.67. The maximum absolute atomic E-state index is 5.95. The van der Waals surface area contributed by atoms with Crippen molar-refractivity contribution in [3.05, 3.63) is 34.1 Å². The van der Waals surface area contributed by atoms with Gasteiger partial charge in [-0.1, -0.05) is 18.3 Å². The normalized spacial score (nSPS) is 10.6. The van der Waals surface area contributed by atoms with E-state index in [2.05, 4.69) is 20.9 Å². The Morgan fingerprint density at radius 1 is 1.38 bits per heavy atom. The summed E-state index contributed by atoms with van der Waals surface area (Å²) in [6.45, 7) is 1.98. The number of rotatable bonds is 1. The number of pyridine rings is 1. The number of nitrogens with two attached hydrogens (primary N) is 2. The van der Waals surface area contributed by atoms with Crippen LogP contribution in [0.1, 0.15) is 11.3 Å². The van der Waals surface area contributed by atoms with Crippen LogP contribution < -0.4 is 11.5 Å². The summed E-state index contributed by atoms with van der Waals surface area (Å²) in [5.41, 5.74) is 14.0. The van der Waals surface area contributed by atoms with E-state index in [1.165, 1.54) is 0 Å². The van der Waals surface area contributed by atoms with Gasteiger partial charge < -0.3 is 11.5 Å². The number of halogens is 1. The average Bonchev–Trinajstić information content (AvgIpc) is 2.23. The number of hydrogen-bond acceptors (Lipinski definition) is 3. The van der Waals surface area contributed by atoms with E-state index in [-0.39, 0.29) is 4.99 Å². The lowest BCUT2D eigenvalue weighted by Gasteiger charge is -2.10. The van der Waals surface area contributed by atoms with Crippen molar-refractivity contribution < 1.29 is 0 Å². The molecule has 0 aliphatic rings. The van der Waals surface area contributed by atoms with Crippen molar-refractivity contribution >= 4 is 49.6 Å². The fourth-order valence-corrected chi connectivity index (χ4v) is 2.41. The largest absolute Gasteiger partial charge is 0.398 e. The minimum atomic E-state index is 0.284. The van der Waals surface area contributed by atoms with Gasteiger partial charge in [-0.25, -0.2) is 0 Å². The number of benzene rings is 1. The van der Waals surface area contributed by atoms with E-state index in [1.807, 2.05) is 19.1 Å². The summed E-state index contributed by atoms with van der Waals surface area (Å²) in [6, 6.07) is 3.80. The molecule has 1 heterocycles. The summed E-state index contributed by atoms with van der Waals surface area (Å²) >= 11 is 8.43. The van der Waals surface area contributed by atoms with Crippen molar-refractivity contribution in [3.8, 4) is 0 Å². The fraction of sp³-hybridized carbons (Fsp3) is 0.0909. The highest BCUT2D eigenvalue weighted by atomic mass is 79.9. The molecule has 0 saturated carbocycles. The zero-order chi connectivity index (χ0) is 11.9. The van der Waals surface area contributed by atoms with E-state index in [0.717, 1.165) is 20.8 Å². The van der Waals surface area contributed by atoms with Crippen LogP contribution in [0.3, 0.4) is 0 Å². The summed E-state index contributed by atoms with van der Waals surface area (Å²) in [4.78, 5) is 4.52. The first-order chi connectivity index (χ1) is 7.52. The Morgan fingerprint density at radius 3 is 2.69 bits per heavy atom. The Morgan fingerprint density at radius 2 is 2.06 bits per heavy atom. The monoisotopic (exact) mass is 295 g/mol. The highest BCUT2D eigenvalue weighted by Gasteiger charge is 2.12. The third-order valence-corrected chi connectivity index (χ3v) is 3.26. The van der Waals surface area contributed by atoms with Gasteiger partial charge in [-0.2, -0.15) is 0 Å². The van der Waals surface area contributed by atoms with Crippen LogP contribution in [-0.4, -0.2) is 9.97 Å². The third-order valence-electron chi connectivity index (χ3n) is 2.46. The van der Waals surface area contributed by atoms with E-state index >= 15 is 0 Å². The number of aromatic nitrogens is 1. The molecule has 0 unspecified atom stereocenters. The van der Waals surface area contributed by atoms with Crippen molar-refractivity contribution in [2.24, 2.45) is 5.73 Å². The molecule has 4 N–H and O–H groups in total. The van der Waals surface area contributed by atoms with Crippen LogP contribution in [0.4, 0.5) is 5.69 Å². The van der Waals surface area contributed by atoms with Gasteiger partial charge in [0, 0.05) is 27.1 Å². The van der Waals surface area contributed by atoms with E-state index in [4.69, 9.17) is 23.7 Å². The van der Waals surface area contributed by atoms with E-state index < -0.39 is 0 Å². The molecule has 0 aliphatic carbocycles. The number of thiocarbonyl (C=S) groups is 1. The molecular weight excluding hydrogens is 286 g/mol. The van der Waals surface area contributed by atoms with Gasteiger partial charge in [0.25, 0.3) is 0 Å². The molecule has 0 radical (unpaired) electrons. The molecule has 1 aromatic heterocycles. The zero-order valence-electron chi connectivity index (χ0n) is 8.62. The van der Waals surface area contributed by atoms with Crippen molar-refractivity contribution in [1.29, 1.82) is 0 Å². The highest BCUT2D eigenvalue weighted by Crippen LogP contribution is 2.32. The number of aryl methyl sites for hydroxylation is 1. The number of hydrogen-bond donors (Lipinski definition) is 2. The molecule has 0 atom stereocenters. The van der Waals surface area contributed by atoms with Gasteiger partial charge >= 0.3 is 0 Å². The molecule has 0 spiro atoms. The molecule has 3 nitrogen and oxygen atoms in total. The average molecular weight is 296 g/mol. The van der Waals surface area contributed by atoms with Crippen LogP contribution in [0, 0.1) is 6.92 Å². The second-order valence-electron chi connectivity index (χ2n) is 3.54. The molecule has 0 fully saturated rings. The molecule has 0 aliphatic heterocycles. The third kappa shape index (κ3) is 1.66. The molecule has 0 saturated heterocycles. The molecule has 0 amide bonds. The topological polar surface area (TPSA) is 64.9 Å². The molecule has 2 rings (SSSR count). The van der Waals surface area contributed by atoms with Crippen LogP contribution in [0.5, 0.6) is 0 Å². The second kappa shape index (κ2) is 3.99. The van der Waals surface area contributed by atoms with E-state index in [0.29, 0.717) is 11.4 Å². The van der Waals surface area contributed by atoms with Crippen molar-refractivity contribution in [1.82, 2.24) is 4.98 Å². The summed E-state index contributed by atoms with van der Waals surface area (Å²) in [7, 11) is 0. The minimum absolute atomic E-state index is 0.284. The standard InChI is InChI=1S/C11H10BrN3S/c1-5-2-3-7(13)9-6(12)4-15-10(8(5)9)11(14)16/h2-4H,13H2,1H3,(H2,14,16). The SMILES string of the molecule is Cc1ccc(N)c2c(Br)cnc(C(N)=S)c12. The van der Waals surface area contributed by atoms with Gasteiger partial charge in [0.2, 0.25) is 0 Å². The first kappa shape index (κ1) is 11.3. The predicted molar refractivity (Wildman–Crippen MR) is 74.5 cm³/mol. The van der Waals surface area contributed by atoms with Crippen LogP contribution >= 0.6 is 28.1 Å². The summed E-state index contributed by atoms with van der Waals surface area (Å²) < 4.78 is 0.851. The van der Waals surface area contributed by atoms with Crippen LogP contribution in [0.2, 0.25) is 0 Å². The quantitative estimate of drug-likeness (QED) is 0.627. The second-order valence-corrected chi connectivity index (χ2v) is 4.83. The Labute approximate surface area is 107 Å². The lowest BCUT2D eigenvalue weighted by Crippen LogP contribution is -2.13. The van der Waals surface area contributed by atoms with E-state index in [9.17, 15) is 0 Å². The van der Waals surface area contributed by atoms with Gasteiger partial charge in [-0.05, 0) is 34.5 Å². The van der Waals surface area contributed by atoms with Gasteiger partial charge in [0.15, 0.2) is 0 Å². The predicted octanol–water partition coefficient (Wildman–Crippen LogP) is 2.52. The van der Waals surface area contributed by atoms with Gasteiger partial charge in [0.05, 0.1) is 0 Å². The Kier molecular flexibility index (Phi) is 2.82. The maximum Gasteiger partial charge on any atom is 0.123 e. The Hall–Kier alpha value is -1.20. The smallest absolute Gasteiger partial charge is 0.123 e. The number of fused-ring (bicyclic) bond motifs is 1. The van der Waals surface area contributed by atoms with Crippen molar-refractivity contribution in [2.45, 2.75) is 6.92 Å². The van der Waals surface area contributed by atoms with Crippen LogP contribution in [0.15, 0.2) is 22.8 Å². The molecule has 5 heteroatoms. The lowest BCUT2D eigenvalue weighted by molar-refractivity contribution is 1.30. The Balaban J connectivity index is 3.03. The zero-order valence-corrected chi connectivity index (χ0v) is 11.0. The minimum Gasteiger partial charge on any atom is -0.398 e. The maximum atomic E-state index is 5.95. The molecule has 16 heavy (non-hydrogen) atoms. The molecule has 82 valence electrons. The molecule has 1 aromatic carbocycles. The number of nitrogens with zero attached hydrogens (tertiary/aromatic N) is 1. The van der Waals surface area contributed by atoms with Gasteiger partial charge in [-0.3, -0.25) is 4.98 Å². The van der Waals surface area contributed by atoms with Gasteiger partial charge in [0.1, 0.15) is 10.7 Å². The summed E-state index contributed by atoms with van der Waals surface area (Å²) in [5.74, 6) is 0. The van der Waals surface area contributed by atoms with Crippen molar-refractivity contribution in [2.75, 3.05) is 5.73 Å². The number of anilines is 1. The first-order valence-corrected chi connectivity index (χ1v) is 5.85. The van der Waals surface area contributed by atoms with Crippen LogP contribution in [-0.2, 0) is 0 Å². The van der Waals surface area contributed by atoms with Crippen LogP contribution in [0.25, 0.3) is 10.8 Å². The lowest BCUT2D eigenvalue weighted by atomic mass is 10.0. The molecule has 2 aromatic rings. The molecule has 0 bridgehead atoms. The molecular formula is C11H10BrN3S. The fourth-order valence-electron chi connectivity index (χ4n) is 1.72. The Bertz CT molecular complexity index is 587. The van der Waals surface area contributed by atoms with E-state index in [1.54, 1.807) is 6.20 Å². The first-order valence-electron chi connectivity index (χ1n) is 4.65. The highest BCUT2D eigenvalue weighted by molar-refractivity contribution is 9.10. The summed E-state index contributed by atoms with van der Waals surface area (Å²) in [5, 5.41) is 1.83. The number of nitrogen functional groups attached to an aromatic ring is 1.